The molecule has 8 heteroatoms. The maximum absolute atomic E-state index is 5.97. The Kier molecular flexibility index (Phi) is 6.95. The number of hydrogen-bond acceptors (Lipinski definition) is 5. The number of nitrogens with one attached hydrogen (secondary N) is 2. The summed E-state index contributed by atoms with van der Waals surface area (Å²) >= 11 is 0. The van der Waals surface area contributed by atoms with Gasteiger partial charge in [-0.2, -0.15) is 5.10 Å². The third-order valence-corrected chi connectivity index (χ3v) is 4.89. The normalized spacial score (nSPS) is 17.6. The zero-order valence-corrected chi connectivity index (χ0v) is 18.0. The van der Waals surface area contributed by atoms with Gasteiger partial charge in [-0.3, -0.25) is 4.99 Å². The molecule has 0 amide bonds. The minimum atomic E-state index is -0.0254. The second-order valence-corrected chi connectivity index (χ2v) is 7.66. The Bertz CT molecular complexity index is 832. The highest BCUT2D eigenvalue weighted by Crippen LogP contribution is 2.20. The van der Waals surface area contributed by atoms with Gasteiger partial charge in [0.2, 0.25) is 0 Å². The molecule has 158 valence electrons. The van der Waals surface area contributed by atoms with E-state index in [0.717, 1.165) is 48.5 Å². The van der Waals surface area contributed by atoms with Crippen molar-refractivity contribution in [1.29, 1.82) is 0 Å². The van der Waals surface area contributed by atoms with Gasteiger partial charge in [0.15, 0.2) is 11.8 Å². The van der Waals surface area contributed by atoms with Crippen molar-refractivity contribution in [1.82, 2.24) is 25.4 Å². The molecule has 0 saturated carbocycles. The lowest BCUT2D eigenvalue weighted by atomic mass is 10.1. The molecular weight excluding hydrogens is 368 g/mol. The van der Waals surface area contributed by atoms with Gasteiger partial charge in [0.25, 0.3) is 0 Å². The number of methoxy groups -OCH3 is 1. The van der Waals surface area contributed by atoms with Gasteiger partial charge in [-0.15, -0.1) is 0 Å². The number of guanidine groups is 1. The van der Waals surface area contributed by atoms with E-state index in [1.807, 2.05) is 35.9 Å². The highest BCUT2D eigenvalue weighted by molar-refractivity contribution is 5.80. The van der Waals surface area contributed by atoms with Crippen molar-refractivity contribution in [2.45, 2.75) is 58.2 Å². The third-order valence-electron chi connectivity index (χ3n) is 4.89. The van der Waals surface area contributed by atoms with Crippen LogP contribution in [0.4, 0.5) is 0 Å². The van der Waals surface area contributed by atoms with Gasteiger partial charge < -0.3 is 20.1 Å². The predicted molar refractivity (Wildman–Crippen MR) is 114 cm³/mol. The molecule has 0 fully saturated rings. The molecule has 2 N–H and O–H groups in total. The molecule has 0 saturated heterocycles. The van der Waals surface area contributed by atoms with Gasteiger partial charge in [0, 0.05) is 31.5 Å². The summed E-state index contributed by atoms with van der Waals surface area (Å²) in [5.74, 6) is 4.68. The molecule has 8 nitrogen and oxygen atoms in total. The second-order valence-electron chi connectivity index (χ2n) is 7.66. The number of ether oxygens (including phenoxy) is 2. The van der Waals surface area contributed by atoms with Crippen molar-refractivity contribution in [3.05, 3.63) is 35.9 Å². The largest absolute Gasteiger partial charge is 0.497 e. The van der Waals surface area contributed by atoms with Gasteiger partial charge in [-0.1, -0.05) is 19.9 Å². The van der Waals surface area contributed by atoms with Crippen molar-refractivity contribution < 1.29 is 9.47 Å². The lowest BCUT2D eigenvalue weighted by molar-refractivity contribution is 0.222. The van der Waals surface area contributed by atoms with Crippen molar-refractivity contribution in [2.75, 3.05) is 20.7 Å². The topological polar surface area (TPSA) is 85.6 Å². The second kappa shape index (κ2) is 9.62. The molecule has 0 bridgehead atoms. The summed E-state index contributed by atoms with van der Waals surface area (Å²) in [6, 6.07) is 7.89. The Morgan fingerprint density at radius 2 is 2.10 bits per heavy atom. The standard InChI is InChI=1S/C21H32N6O2/c1-14(2)20-25-19-10-9-16(13-27(19)26-20)24-21(22-4)23-12-15(3)29-18-8-6-7-17(11-18)28-5/h6-8,11,14-16H,9-10,12-13H2,1-5H3,(H2,22,23,24). The van der Waals surface area contributed by atoms with E-state index in [1.54, 1.807) is 14.2 Å². The molecule has 0 radical (unpaired) electrons. The Hall–Kier alpha value is -2.77. The van der Waals surface area contributed by atoms with Gasteiger partial charge in [0.05, 0.1) is 20.2 Å². The van der Waals surface area contributed by atoms with Gasteiger partial charge in [0.1, 0.15) is 23.4 Å². The van der Waals surface area contributed by atoms with Gasteiger partial charge in [-0.25, -0.2) is 9.67 Å². The molecule has 2 atom stereocenters. The highest BCUT2D eigenvalue weighted by Gasteiger charge is 2.23. The lowest BCUT2D eigenvalue weighted by Gasteiger charge is -2.26. The first kappa shape index (κ1) is 21.0. The molecule has 2 heterocycles. The molecule has 1 aromatic carbocycles. The van der Waals surface area contributed by atoms with Crippen LogP contribution in [0.2, 0.25) is 0 Å². The van der Waals surface area contributed by atoms with Crippen LogP contribution in [0.25, 0.3) is 0 Å². The van der Waals surface area contributed by atoms with Crippen LogP contribution in [0, 0.1) is 0 Å². The van der Waals surface area contributed by atoms with E-state index in [2.05, 4.69) is 39.6 Å². The molecule has 1 aliphatic heterocycles. The van der Waals surface area contributed by atoms with E-state index in [4.69, 9.17) is 9.47 Å². The van der Waals surface area contributed by atoms with Crippen LogP contribution in [0.5, 0.6) is 11.5 Å². The minimum absolute atomic E-state index is 0.0254. The van der Waals surface area contributed by atoms with Crippen LogP contribution in [0.15, 0.2) is 29.3 Å². The summed E-state index contributed by atoms with van der Waals surface area (Å²) in [5, 5.41) is 11.5. The number of benzene rings is 1. The molecule has 2 unspecified atom stereocenters. The van der Waals surface area contributed by atoms with Crippen molar-refractivity contribution >= 4 is 5.96 Å². The number of aliphatic imine (C=N–C) groups is 1. The Morgan fingerprint density at radius 3 is 2.83 bits per heavy atom. The van der Waals surface area contributed by atoms with E-state index in [0.29, 0.717) is 12.5 Å². The Morgan fingerprint density at radius 1 is 1.31 bits per heavy atom. The summed E-state index contributed by atoms with van der Waals surface area (Å²) in [6.07, 6.45) is 1.90. The fourth-order valence-electron chi connectivity index (χ4n) is 3.27. The molecule has 0 aliphatic carbocycles. The molecule has 3 rings (SSSR count). The van der Waals surface area contributed by atoms with Crippen molar-refractivity contribution in [2.24, 2.45) is 4.99 Å². The summed E-state index contributed by atoms with van der Waals surface area (Å²) in [7, 11) is 3.43. The lowest BCUT2D eigenvalue weighted by Crippen LogP contribution is -2.48. The zero-order chi connectivity index (χ0) is 20.8. The maximum atomic E-state index is 5.97. The molecular formula is C21H32N6O2. The molecule has 29 heavy (non-hydrogen) atoms. The number of rotatable bonds is 7. The quantitative estimate of drug-likeness (QED) is 0.548. The van der Waals surface area contributed by atoms with Gasteiger partial charge in [-0.05, 0) is 25.5 Å². The van der Waals surface area contributed by atoms with Crippen LogP contribution in [0.3, 0.4) is 0 Å². The average molecular weight is 401 g/mol. The first-order valence-corrected chi connectivity index (χ1v) is 10.2. The number of aryl methyl sites for hydroxylation is 1. The Labute approximate surface area is 172 Å². The van der Waals surface area contributed by atoms with Gasteiger partial charge >= 0.3 is 0 Å². The zero-order valence-electron chi connectivity index (χ0n) is 18.0. The van der Waals surface area contributed by atoms with Crippen molar-refractivity contribution in [3.63, 3.8) is 0 Å². The Balaban J connectivity index is 1.49. The van der Waals surface area contributed by atoms with Crippen LogP contribution < -0.4 is 20.1 Å². The third kappa shape index (κ3) is 5.62. The van der Waals surface area contributed by atoms with Crippen LogP contribution in [-0.4, -0.2) is 53.6 Å². The number of fused-ring (bicyclic) bond motifs is 1. The molecule has 2 aromatic rings. The number of hydrogen-bond donors (Lipinski definition) is 2. The number of nitrogens with zero attached hydrogens (tertiary/aromatic N) is 4. The monoisotopic (exact) mass is 400 g/mol. The van der Waals surface area contributed by atoms with E-state index in [-0.39, 0.29) is 12.1 Å². The number of aromatic nitrogens is 3. The summed E-state index contributed by atoms with van der Waals surface area (Å²) in [6.45, 7) is 7.70. The van der Waals surface area contributed by atoms with E-state index < -0.39 is 0 Å². The smallest absolute Gasteiger partial charge is 0.191 e. The SMILES string of the molecule is CN=C(NCC(C)Oc1cccc(OC)c1)NC1CCc2nc(C(C)C)nn2C1. The van der Waals surface area contributed by atoms with Crippen LogP contribution in [0.1, 0.15) is 44.8 Å². The first-order chi connectivity index (χ1) is 14.0. The van der Waals surface area contributed by atoms with E-state index >= 15 is 0 Å². The molecule has 0 spiro atoms. The predicted octanol–water partition coefficient (Wildman–Crippen LogP) is 2.36. The van der Waals surface area contributed by atoms with E-state index in [9.17, 15) is 0 Å². The molecule has 1 aliphatic rings. The highest BCUT2D eigenvalue weighted by atomic mass is 16.5. The maximum Gasteiger partial charge on any atom is 0.191 e. The minimum Gasteiger partial charge on any atom is -0.497 e. The fraction of sp³-hybridized carbons (Fsp3) is 0.571. The van der Waals surface area contributed by atoms with Crippen molar-refractivity contribution in [3.8, 4) is 11.5 Å². The molecule has 1 aromatic heterocycles. The first-order valence-electron chi connectivity index (χ1n) is 10.2. The fourth-order valence-corrected chi connectivity index (χ4v) is 3.27. The summed E-state index contributed by atoms with van der Waals surface area (Å²) in [4.78, 5) is 9.00. The summed E-state index contributed by atoms with van der Waals surface area (Å²) in [5.41, 5.74) is 0. The average Bonchev–Trinajstić information content (AvgIpc) is 3.15. The summed E-state index contributed by atoms with van der Waals surface area (Å²) < 4.78 is 13.2. The van der Waals surface area contributed by atoms with Crippen LogP contribution >= 0.6 is 0 Å². The van der Waals surface area contributed by atoms with E-state index in [1.165, 1.54) is 0 Å². The van der Waals surface area contributed by atoms with Crippen LogP contribution in [-0.2, 0) is 13.0 Å².